The number of hydrogen-bond acceptors (Lipinski definition) is 4. The van der Waals surface area contributed by atoms with Crippen LogP contribution < -0.4 is 0 Å². The van der Waals surface area contributed by atoms with Crippen LogP contribution in [0, 0.1) is 0 Å². The van der Waals surface area contributed by atoms with Crippen LogP contribution in [0.1, 0.15) is 39.8 Å². The molecule has 1 aromatic rings. The highest BCUT2D eigenvalue weighted by molar-refractivity contribution is 6.28. The van der Waals surface area contributed by atoms with Crippen LogP contribution in [-0.2, 0) is 4.74 Å². The first-order valence-electron chi connectivity index (χ1n) is 6.85. The van der Waals surface area contributed by atoms with Crippen LogP contribution in [-0.4, -0.2) is 40.2 Å². The summed E-state index contributed by atoms with van der Waals surface area (Å²) in [6, 6.07) is 1.80. The first-order valence-corrected chi connectivity index (χ1v) is 7.22. The maximum atomic E-state index is 11.9. The summed E-state index contributed by atoms with van der Waals surface area (Å²) in [5.74, 6) is 0. The summed E-state index contributed by atoms with van der Waals surface area (Å²) in [5, 5.41) is 0.215. The molecule has 5 nitrogen and oxygen atoms in total. The van der Waals surface area contributed by atoms with Gasteiger partial charge in [-0.15, -0.1) is 0 Å². The Bertz CT molecular complexity index is 524. The van der Waals surface area contributed by atoms with E-state index in [2.05, 4.69) is 9.97 Å². The van der Waals surface area contributed by atoms with Gasteiger partial charge in [0.15, 0.2) is 0 Å². The van der Waals surface area contributed by atoms with E-state index in [-0.39, 0.29) is 11.4 Å². The molecule has 0 bridgehead atoms. The van der Waals surface area contributed by atoms with E-state index in [1.807, 2.05) is 33.8 Å². The molecule has 0 atom stereocenters. The molecule has 0 radical (unpaired) electrons. The summed E-state index contributed by atoms with van der Waals surface area (Å²) < 4.78 is 5.30. The Morgan fingerprint density at radius 1 is 1.48 bits per heavy atom. The first kappa shape index (κ1) is 17.4. The summed E-state index contributed by atoms with van der Waals surface area (Å²) in [7, 11) is 1.70. The maximum absolute atomic E-state index is 11.9. The van der Waals surface area contributed by atoms with Gasteiger partial charge in [0, 0.05) is 19.8 Å². The topological polar surface area (TPSA) is 55.3 Å². The highest BCUT2D eigenvalue weighted by Crippen LogP contribution is 2.17. The molecule has 0 aromatic carbocycles. The van der Waals surface area contributed by atoms with Gasteiger partial charge in [-0.2, -0.15) is 0 Å². The van der Waals surface area contributed by atoms with Crippen LogP contribution in [0.4, 0.5) is 4.79 Å². The third kappa shape index (κ3) is 6.12. The van der Waals surface area contributed by atoms with Crippen LogP contribution in [0.25, 0.3) is 5.57 Å². The van der Waals surface area contributed by atoms with Crippen LogP contribution >= 0.6 is 11.6 Å². The minimum atomic E-state index is -0.497. The Labute approximate surface area is 131 Å². The fourth-order valence-electron chi connectivity index (χ4n) is 1.61. The molecular formula is C15H22ClN3O2. The number of nitrogens with zero attached hydrogens (tertiary/aromatic N) is 3. The second-order valence-corrected chi connectivity index (χ2v) is 5.99. The molecule has 0 aliphatic heterocycles. The normalized spacial score (nSPS) is 12.2. The minimum absolute atomic E-state index is 0.215. The van der Waals surface area contributed by atoms with Crippen LogP contribution in [0.15, 0.2) is 18.3 Å². The molecule has 0 aliphatic carbocycles. The van der Waals surface area contributed by atoms with Crippen molar-refractivity contribution in [3.05, 3.63) is 29.3 Å². The molecule has 21 heavy (non-hydrogen) atoms. The van der Waals surface area contributed by atoms with Crippen molar-refractivity contribution in [2.45, 2.75) is 39.7 Å². The summed E-state index contributed by atoms with van der Waals surface area (Å²) in [4.78, 5) is 21.4. The number of amides is 1. The Kier molecular flexibility index (Phi) is 6.15. The molecule has 0 aliphatic rings. The predicted octanol–water partition coefficient (Wildman–Crippen LogP) is 3.79. The summed E-state index contributed by atoms with van der Waals surface area (Å²) in [5.41, 5.74) is 1.29. The number of hydrogen-bond donors (Lipinski definition) is 0. The van der Waals surface area contributed by atoms with E-state index < -0.39 is 5.60 Å². The monoisotopic (exact) mass is 311 g/mol. The van der Waals surface area contributed by atoms with Crippen molar-refractivity contribution in [1.82, 2.24) is 14.9 Å². The lowest BCUT2D eigenvalue weighted by atomic mass is 10.1. The van der Waals surface area contributed by atoms with E-state index in [9.17, 15) is 4.79 Å². The van der Waals surface area contributed by atoms with E-state index in [0.717, 1.165) is 17.7 Å². The van der Waals surface area contributed by atoms with E-state index in [1.165, 1.54) is 4.90 Å². The van der Waals surface area contributed by atoms with Gasteiger partial charge >= 0.3 is 6.09 Å². The quantitative estimate of drug-likeness (QED) is 0.794. The number of rotatable bonds is 4. The zero-order chi connectivity index (χ0) is 16.0. The van der Waals surface area contributed by atoms with Crippen LogP contribution in [0.3, 0.4) is 0 Å². The third-order valence-electron chi connectivity index (χ3n) is 2.65. The highest BCUT2D eigenvalue weighted by atomic mass is 35.5. The Morgan fingerprint density at radius 3 is 2.67 bits per heavy atom. The van der Waals surface area contributed by atoms with Gasteiger partial charge in [0.05, 0.1) is 5.69 Å². The van der Waals surface area contributed by atoms with Gasteiger partial charge in [-0.3, -0.25) is 0 Å². The van der Waals surface area contributed by atoms with Gasteiger partial charge in [-0.25, -0.2) is 14.8 Å². The van der Waals surface area contributed by atoms with Crippen LogP contribution in [0.5, 0.6) is 0 Å². The first-order chi connectivity index (χ1) is 9.73. The standard InChI is InChI=1S/C15H22ClN3O2/c1-6-11(12-7-9-17-13(16)18-12)8-10-19(5)14(20)21-15(2,3)4/h7-9H,6,10H2,1-5H3/b11-8+. The van der Waals surface area contributed by atoms with Crippen molar-refractivity contribution in [3.8, 4) is 0 Å². The number of allylic oxidation sites excluding steroid dienone is 1. The van der Waals surface area contributed by atoms with Crippen molar-refractivity contribution in [1.29, 1.82) is 0 Å². The zero-order valence-corrected chi connectivity index (χ0v) is 13.9. The minimum Gasteiger partial charge on any atom is -0.444 e. The molecule has 1 amide bonds. The molecule has 116 valence electrons. The average Bonchev–Trinajstić information content (AvgIpc) is 2.37. The molecule has 0 saturated heterocycles. The molecule has 0 N–H and O–H groups in total. The molecular weight excluding hydrogens is 290 g/mol. The van der Waals surface area contributed by atoms with Gasteiger partial charge < -0.3 is 9.64 Å². The van der Waals surface area contributed by atoms with Crippen LogP contribution in [0.2, 0.25) is 5.28 Å². The van der Waals surface area contributed by atoms with Gasteiger partial charge in [0.25, 0.3) is 0 Å². The van der Waals surface area contributed by atoms with E-state index in [1.54, 1.807) is 19.3 Å². The predicted molar refractivity (Wildman–Crippen MR) is 84.2 cm³/mol. The third-order valence-corrected chi connectivity index (χ3v) is 2.83. The lowest BCUT2D eigenvalue weighted by Crippen LogP contribution is -2.34. The fraction of sp³-hybridized carbons (Fsp3) is 0.533. The van der Waals surface area contributed by atoms with Gasteiger partial charge in [0.1, 0.15) is 5.60 Å². The molecule has 0 spiro atoms. The van der Waals surface area contributed by atoms with Crippen molar-refractivity contribution in [2.24, 2.45) is 0 Å². The second kappa shape index (κ2) is 7.41. The Morgan fingerprint density at radius 2 is 2.14 bits per heavy atom. The molecule has 1 rings (SSSR count). The van der Waals surface area contributed by atoms with Crippen molar-refractivity contribution in [3.63, 3.8) is 0 Å². The Balaban J connectivity index is 2.75. The number of halogens is 1. The summed E-state index contributed by atoms with van der Waals surface area (Å²) in [6.07, 6.45) is 4.00. The molecule has 0 saturated carbocycles. The largest absolute Gasteiger partial charge is 0.444 e. The number of likely N-dealkylation sites (N-methyl/N-ethyl adjacent to an activating group) is 1. The van der Waals surface area contributed by atoms with Crippen molar-refractivity contribution in [2.75, 3.05) is 13.6 Å². The molecule has 0 unspecified atom stereocenters. The molecule has 6 heteroatoms. The van der Waals surface area contributed by atoms with E-state index in [4.69, 9.17) is 16.3 Å². The van der Waals surface area contributed by atoms with Gasteiger partial charge in [0.2, 0.25) is 5.28 Å². The summed E-state index contributed by atoms with van der Waals surface area (Å²) >= 11 is 5.80. The SMILES string of the molecule is CC/C(=C\CN(C)C(=O)OC(C)(C)C)c1ccnc(Cl)n1. The smallest absolute Gasteiger partial charge is 0.410 e. The Hall–Kier alpha value is -1.62. The maximum Gasteiger partial charge on any atom is 0.410 e. The number of carbonyl (C=O) groups is 1. The molecule has 0 fully saturated rings. The van der Waals surface area contributed by atoms with E-state index >= 15 is 0 Å². The highest BCUT2D eigenvalue weighted by Gasteiger charge is 2.18. The lowest BCUT2D eigenvalue weighted by molar-refractivity contribution is 0.0318. The fourth-order valence-corrected chi connectivity index (χ4v) is 1.75. The lowest BCUT2D eigenvalue weighted by Gasteiger charge is -2.24. The number of carbonyl (C=O) groups excluding carboxylic acids is 1. The van der Waals surface area contributed by atoms with E-state index in [0.29, 0.717) is 6.54 Å². The average molecular weight is 312 g/mol. The second-order valence-electron chi connectivity index (χ2n) is 5.65. The van der Waals surface area contributed by atoms with Gasteiger partial charge in [-0.05, 0) is 50.4 Å². The number of aromatic nitrogens is 2. The molecule has 1 aromatic heterocycles. The summed E-state index contributed by atoms with van der Waals surface area (Å²) in [6.45, 7) is 7.99. The van der Waals surface area contributed by atoms with Crippen molar-refractivity contribution >= 4 is 23.3 Å². The van der Waals surface area contributed by atoms with Gasteiger partial charge in [-0.1, -0.05) is 13.0 Å². The zero-order valence-electron chi connectivity index (χ0n) is 13.2. The van der Waals surface area contributed by atoms with Crippen molar-refractivity contribution < 1.29 is 9.53 Å². The molecule has 1 heterocycles. The number of ether oxygens (including phenoxy) is 1.